The molecular formula is C18H19NO4S. The number of aliphatic hydroxyl groups is 1. The average molecular weight is 345 g/mol. The maximum absolute atomic E-state index is 13.0. The van der Waals surface area contributed by atoms with Crippen LogP contribution < -0.4 is 9.04 Å². The Bertz CT molecular complexity index is 864. The Balaban J connectivity index is 2.18. The Kier molecular flexibility index (Phi) is 4.11. The third kappa shape index (κ3) is 2.57. The second kappa shape index (κ2) is 5.96. The van der Waals surface area contributed by atoms with Crippen molar-refractivity contribution >= 4 is 15.7 Å². The molecule has 1 aliphatic rings. The largest absolute Gasteiger partial charge is 0.497 e. The van der Waals surface area contributed by atoms with Gasteiger partial charge in [-0.3, -0.25) is 4.31 Å². The van der Waals surface area contributed by atoms with Crippen molar-refractivity contribution in [1.82, 2.24) is 0 Å². The molecule has 1 atom stereocenters. The van der Waals surface area contributed by atoms with E-state index in [4.69, 9.17) is 4.74 Å². The van der Waals surface area contributed by atoms with E-state index in [0.29, 0.717) is 17.0 Å². The average Bonchev–Trinajstić information content (AvgIpc) is 2.62. The lowest BCUT2D eigenvalue weighted by atomic mass is 9.86. The molecule has 3 rings (SSSR count). The zero-order chi connectivity index (χ0) is 17.4. The SMILES string of the molecule is C=C[C@@]1(O)CCN(S(=O)(=O)c2ccccc2)c2cc(OC)ccc21. The molecule has 5 nitrogen and oxygen atoms in total. The number of benzene rings is 2. The number of hydrogen-bond acceptors (Lipinski definition) is 4. The summed E-state index contributed by atoms with van der Waals surface area (Å²) in [7, 11) is -2.21. The zero-order valence-corrected chi connectivity index (χ0v) is 14.2. The van der Waals surface area contributed by atoms with E-state index in [1.54, 1.807) is 48.5 Å². The van der Waals surface area contributed by atoms with Crippen molar-refractivity contribution < 1.29 is 18.3 Å². The standard InChI is InChI=1S/C18H19NO4S/c1-3-18(20)11-12-19(17-13-14(23-2)9-10-16(17)18)24(21,22)15-7-5-4-6-8-15/h3-10,13,20H,1,11-12H2,2H3/t18-/m1/s1. The van der Waals surface area contributed by atoms with Crippen LogP contribution in [0.15, 0.2) is 66.1 Å². The molecule has 126 valence electrons. The van der Waals surface area contributed by atoms with Gasteiger partial charge in [0, 0.05) is 24.6 Å². The van der Waals surface area contributed by atoms with E-state index in [-0.39, 0.29) is 17.9 Å². The lowest BCUT2D eigenvalue weighted by molar-refractivity contribution is 0.0793. The van der Waals surface area contributed by atoms with Crippen LogP contribution in [0.4, 0.5) is 5.69 Å². The second-order valence-corrected chi connectivity index (χ2v) is 7.51. The minimum Gasteiger partial charge on any atom is -0.497 e. The van der Waals surface area contributed by atoms with Gasteiger partial charge in [-0.05, 0) is 18.2 Å². The minimum absolute atomic E-state index is 0.153. The minimum atomic E-state index is -3.73. The number of ether oxygens (including phenoxy) is 1. The Morgan fingerprint density at radius 3 is 2.58 bits per heavy atom. The first-order chi connectivity index (χ1) is 11.4. The van der Waals surface area contributed by atoms with Crippen LogP contribution in [-0.2, 0) is 15.6 Å². The highest BCUT2D eigenvalue weighted by atomic mass is 32.2. The van der Waals surface area contributed by atoms with Crippen molar-refractivity contribution in [3.8, 4) is 5.75 Å². The number of anilines is 1. The number of nitrogens with zero attached hydrogens (tertiary/aromatic N) is 1. The van der Waals surface area contributed by atoms with E-state index in [2.05, 4.69) is 6.58 Å². The number of hydrogen-bond donors (Lipinski definition) is 1. The summed E-state index contributed by atoms with van der Waals surface area (Å²) in [6.07, 6.45) is 1.69. The van der Waals surface area contributed by atoms with Crippen molar-refractivity contribution in [3.05, 3.63) is 66.7 Å². The zero-order valence-electron chi connectivity index (χ0n) is 13.3. The predicted octanol–water partition coefficient (Wildman–Crippen LogP) is 2.67. The first kappa shape index (κ1) is 16.5. The molecule has 2 aromatic rings. The van der Waals surface area contributed by atoms with Gasteiger partial charge in [0.15, 0.2) is 0 Å². The first-order valence-corrected chi connectivity index (χ1v) is 8.99. The summed E-state index contributed by atoms with van der Waals surface area (Å²) in [6, 6.07) is 13.3. The Hall–Kier alpha value is -2.31. The molecule has 0 aliphatic carbocycles. The van der Waals surface area contributed by atoms with Crippen LogP contribution >= 0.6 is 0 Å². The maximum atomic E-state index is 13.0. The summed E-state index contributed by atoms with van der Waals surface area (Å²) in [5, 5.41) is 10.8. The van der Waals surface area contributed by atoms with Gasteiger partial charge >= 0.3 is 0 Å². The lowest BCUT2D eigenvalue weighted by Crippen LogP contribution is -2.42. The molecule has 1 N–H and O–H groups in total. The fourth-order valence-corrected chi connectivity index (χ4v) is 4.42. The molecule has 2 aromatic carbocycles. The Morgan fingerprint density at radius 2 is 1.96 bits per heavy atom. The van der Waals surface area contributed by atoms with E-state index in [9.17, 15) is 13.5 Å². The number of methoxy groups -OCH3 is 1. The van der Waals surface area contributed by atoms with Crippen molar-refractivity contribution in [2.45, 2.75) is 16.9 Å². The molecule has 0 saturated heterocycles. The predicted molar refractivity (Wildman–Crippen MR) is 92.7 cm³/mol. The molecule has 0 saturated carbocycles. The molecular weight excluding hydrogens is 326 g/mol. The van der Waals surface area contributed by atoms with Crippen molar-refractivity contribution in [2.24, 2.45) is 0 Å². The number of fused-ring (bicyclic) bond motifs is 1. The normalized spacial score (nSPS) is 20.3. The van der Waals surface area contributed by atoms with Crippen molar-refractivity contribution in [3.63, 3.8) is 0 Å². The fraction of sp³-hybridized carbons (Fsp3) is 0.222. The molecule has 0 amide bonds. The fourth-order valence-electron chi connectivity index (χ4n) is 2.92. The van der Waals surface area contributed by atoms with Gasteiger partial charge in [-0.15, -0.1) is 0 Å². The van der Waals surface area contributed by atoms with Gasteiger partial charge in [-0.25, -0.2) is 8.42 Å². The van der Waals surface area contributed by atoms with Crippen LogP contribution in [0.25, 0.3) is 0 Å². The first-order valence-electron chi connectivity index (χ1n) is 7.55. The monoisotopic (exact) mass is 345 g/mol. The summed E-state index contributed by atoms with van der Waals surface area (Å²) in [5.41, 5.74) is -0.347. The highest BCUT2D eigenvalue weighted by Crippen LogP contribution is 2.43. The summed E-state index contributed by atoms with van der Waals surface area (Å²) in [6.45, 7) is 3.85. The third-order valence-corrected chi connectivity index (χ3v) is 6.13. The highest BCUT2D eigenvalue weighted by molar-refractivity contribution is 7.92. The molecule has 0 unspecified atom stereocenters. The van der Waals surface area contributed by atoms with Gasteiger partial charge < -0.3 is 9.84 Å². The topological polar surface area (TPSA) is 66.8 Å². The summed E-state index contributed by atoms with van der Waals surface area (Å²) < 4.78 is 32.6. The number of rotatable bonds is 4. The molecule has 1 aliphatic heterocycles. The maximum Gasteiger partial charge on any atom is 0.264 e. The van der Waals surface area contributed by atoms with Crippen LogP contribution in [0.5, 0.6) is 5.75 Å². The molecule has 0 aromatic heterocycles. The Morgan fingerprint density at radius 1 is 1.25 bits per heavy atom. The molecule has 0 fully saturated rings. The third-order valence-electron chi connectivity index (χ3n) is 4.30. The van der Waals surface area contributed by atoms with Gasteiger partial charge in [-0.1, -0.05) is 36.9 Å². The highest BCUT2D eigenvalue weighted by Gasteiger charge is 2.39. The quantitative estimate of drug-likeness (QED) is 0.865. The lowest BCUT2D eigenvalue weighted by Gasteiger charge is -2.38. The van der Waals surface area contributed by atoms with Gasteiger partial charge in [0.25, 0.3) is 10.0 Å². The van der Waals surface area contributed by atoms with Gasteiger partial charge in [0.2, 0.25) is 0 Å². The second-order valence-electron chi connectivity index (χ2n) is 5.65. The summed E-state index contributed by atoms with van der Waals surface area (Å²) in [4.78, 5) is 0.211. The smallest absolute Gasteiger partial charge is 0.264 e. The van der Waals surface area contributed by atoms with Gasteiger partial charge in [0.05, 0.1) is 17.7 Å². The number of sulfonamides is 1. The van der Waals surface area contributed by atoms with E-state index in [0.717, 1.165) is 0 Å². The van der Waals surface area contributed by atoms with Gasteiger partial charge in [-0.2, -0.15) is 0 Å². The molecule has 0 bridgehead atoms. The van der Waals surface area contributed by atoms with Crippen LogP contribution in [0.2, 0.25) is 0 Å². The van der Waals surface area contributed by atoms with Gasteiger partial charge in [0.1, 0.15) is 11.4 Å². The molecule has 6 heteroatoms. The molecule has 24 heavy (non-hydrogen) atoms. The molecule has 1 heterocycles. The van der Waals surface area contributed by atoms with Crippen LogP contribution in [0.3, 0.4) is 0 Å². The van der Waals surface area contributed by atoms with E-state index in [1.807, 2.05) is 0 Å². The summed E-state index contributed by atoms with van der Waals surface area (Å²) in [5.74, 6) is 0.523. The van der Waals surface area contributed by atoms with Crippen LogP contribution in [-0.4, -0.2) is 27.2 Å². The van der Waals surface area contributed by atoms with E-state index >= 15 is 0 Å². The van der Waals surface area contributed by atoms with Crippen LogP contribution in [0, 0.1) is 0 Å². The summed E-state index contributed by atoms with van der Waals surface area (Å²) >= 11 is 0. The Labute approximate surface area is 141 Å². The van der Waals surface area contributed by atoms with E-state index in [1.165, 1.54) is 17.5 Å². The van der Waals surface area contributed by atoms with E-state index < -0.39 is 15.6 Å². The molecule has 0 radical (unpaired) electrons. The van der Waals surface area contributed by atoms with Crippen molar-refractivity contribution in [2.75, 3.05) is 18.0 Å². The molecule has 0 spiro atoms. The van der Waals surface area contributed by atoms with Crippen LogP contribution in [0.1, 0.15) is 12.0 Å². The van der Waals surface area contributed by atoms with Crippen molar-refractivity contribution in [1.29, 1.82) is 0 Å².